The van der Waals surface area contributed by atoms with Crippen molar-refractivity contribution in [3.8, 4) is 0 Å². The molecule has 0 N–H and O–H groups in total. The van der Waals surface area contributed by atoms with Crippen LogP contribution in [0.2, 0.25) is 4.47 Å². The molecule has 1 fully saturated rings. The Morgan fingerprint density at radius 1 is 0.682 bits per heavy atom. The second-order valence-electron chi connectivity index (χ2n) is 6.93. The Hall–Kier alpha value is 0.630. The fraction of sp³-hybridized carbons (Fsp3) is 1.00. The predicted octanol–water partition coefficient (Wildman–Crippen LogP) is 3.95. The summed E-state index contributed by atoms with van der Waals surface area (Å²) in [5.74, 6) is -0.787. The zero-order chi connectivity index (χ0) is 17.0. The summed E-state index contributed by atoms with van der Waals surface area (Å²) in [7, 11) is 0. The maximum absolute atomic E-state index is 6.39. The van der Waals surface area contributed by atoms with Gasteiger partial charge in [-0.25, -0.2) is 0 Å². The van der Waals surface area contributed by atoms with Gasteiger partial charge >= 0.3 is 147 Å². The molecule has 0 unspecified atom stereocenters. The van der Waals surface area contributed by atoms with Gasteiger partial charge in [0.25, 0.3) is 0 Å². The van der Waals surface area contributed by atoms with Gasteiger partial charge in [-0.1, -0.05) is 0 Å². The molecule has 1 saturated heterocycles. The van der Waals surface area contributed by atoms with Crippen molar-refractivity contribution in [2.75, 3.05) is 0 Å². The maximum atomic E-state index is 6.39. The average Bonchev–Trinajstić information content (AvgIpc) is 2.29. The van der Waals surface area contributed by atoms with Gasteiger partial charge < -0.3 is 0 Å². The van der Waals surface area contributed by atoms with Crippen LogP contribution in [0.25, 0.3) is 0 Å². The molecule has 132 valence electrons. The average molecular weight is 430 g/mol. The second kappa shape index (κ2) is 8.65. The van der Waals surface area contributed by atoms with E-state index in [0.29, 0.717) is 0 Å². The summed E-state index contributed by atoms with van der Waals surface area (Å²) in [6.45, 7) is 16.4. The molecule has 5 heteroatoms. The first-order chi connectivity index (χ1) is 10.1. The summed E-state index contributed by atoms with van der Waals surface area (Å²) in [5.41, 5.74) is 0. The molecule has 1 aliphatic rings. The van der Waals surface area contributed by atoms with Crippen LogP contribution >= 0.6 is 0 Å². The third-order valence-corrected chi connectivity index (χ3v) is 6.97. The van der Waals surface area contributed by atoms with Crippen LogP contribution in [0.5, 0.6) is 0 Å². The van der Waals surface area contributed by atoms with Crippen molar-refractivity contribution in [3.05, 3.63) is 0 Å². The van der Waals surface area contributed by atoms with Gasteiger partial charge in [0, 0.05) is 0 Å². The van der Waals surface area contributed by atoms with Crippen molar-refractivity contribution < 1.29 is 18.9 Å². The van der Waals surface area contributed by atoms with Crippen molar-refractivity contribution in [1.29, 1.82) is 0 Å². The monoisotopic (exact) mass is 432 g/mol. The topological polar surface area (TPSA) is 36.9 Å². The van der Waals surface area contributed by atoms with Crippen LogP contribution < -0.4 is 0 Å². The molecule has 0 amide bonds. The Kier molecular flexibility index (Phi) is 8.12. The molecule has 0 aromatic heterocycles. The third kappa shape index (κ3) is 5.33. The zero-order valence-electron chi connectivity index (χ0n) is 15.5. The number of hydrogen-bond donors (Lipinski definition) is 0. The Morgan fingerprint density at radius 3 is 1.45 bits per heavy atom. The van der Waals surface area contributed by atoms with E-state index in [1.807, 2.05) is 0 Å². The summed E-state index contributed by atoms with van der Waals surface area (Å²) >= 11 is -0.562. The Labute approximate surface area is 146 Å². The van der Waals surface area contributed by atoms with Crippen molar-refractivity contribution in [2.24, 2.45) is 0 Å². The van der Waals surface area contributed by atoms with Crippen molar-refractivity contribution in [2.45, 2.75) is 107 Å². The van der Waals surface area contributed by atoms with E-state index >= 15 is 0 Å². The van der Waals surface area contributed by atoms with E-state index in [9.17, 15) is 0 Å². The summed E-state index contributed by atoms with van der Waals surface area (Å²) in [6.07, 6.45) is 2.23. The Bertz CT molecular complexity index is 277. The van der Waals surface area contributed by atoms with Crippen LogP contribution in [-0.2, 0) is 18.9 Å². The van der Waals surface area contributed by atoms with Gasteiger partial charge in [-0.05, 0) is 0 Å². The minimum atomic E-state index is -0.787. The predicted molar refractivity (Wildman–Crippen MR) is 90.1 cm³/mol. The van der Waals surface area contributed by atoms with Gasteiger partial charge in [0.05, 0.1) is 0 Å². The number of ether oxygens (including phenoxy) is 4. The van der Waals surface area contributed by atoms with Gasteiger partial charge in [0.2, 0.25) is 0 Å². The molecule has 0 aromatic carbocycles. The molecule has 0 saturated carbocycles. The fourth-order valence-corrected chi connectivity index (χ4v) is 6.99. The molecule has 1 heterocycles. The summed E-state index contributed by atoms with van der Waals surface area (Å²) in [5, 5.41) is 0. The molecule has 0 aliphatic carbocycles. The van der Waals surface area contributed by atoms with Crippen LogP contribution in [0.3, 0.4) is 0 Å². The van der Waals surface area contributed by atoms with Gasteiger partial charge in [0.1, 0.15) is 0 Å². The first kappa shape index (κ1) is 20.7. The second-order valence-corrected chi connectivity index (χ2v) is 10.5. The van der Waals surface area contributed by atoms with E-state index in [2.05, 4.69) is 55.4 Å². The molecule has 1 rings (SSSR count). The van der Waals surface area contributed by atoms with Gasteiger partial charge in [-0.2, -0.15) is 0 Å². The fourth-order valence-electron chi connectivity index (χ4n) is 2.72. The molecular formula is C17H34O4Te. The number of hydrogen-bond acceptors (Lipinski definition) is 4. The summed E-state index contributed by atoms with van der Waals surface area (Å²) in [4.78, 5) is 0. The molecule has 0 radical (unpaired) electrons. The van der Waals surface area contributed by atoms with E-state index < -0.39 is 30.5 Å². The standard InChI is InChI=1S/C17H34O4Te/c1-12(2)18-16(19-13(3)4)10-9-11-22-17(16,20-14(5)6)21-15(7)8/h12-15H,9-11H2,1-8H3. The van der Waals surface area contributed by atoms with Crippen LogP contribution in [0.15, 0.2) is 0 Å². The van der Waals surface area contributed by atoms with Crippen LogP contribution in [-0.4, -0.2) is 55.0 Å². The first-order valence-electron chi connectivity index (χ1n) is 8.47. The number of rotatable bonds is 8. The van der Waals surface area contributed by atoms with E-state index in [0.717, 1.165) is 12.8 Å². The van der Waals surface area contributed by atoms with Crippen LogP contribution in [0, 0.1) is 0 Å². The van der Waals surface area contributed by atoms with Gasteiger partial charge in [-0.15, -0.1) is 0 Å². The normalized spacial score (nSPS) is 21.3. The van der Waals surface area contributed by atoms with E-state index in [-0.39, 0.29) is 24.4 Å². The molecule has 0 bridgehead atoms. The SMILES string of the molecule is CC(C)OC1(OC(C)C)CCC[Te]C1(OC(C)C)OC(C)C. The summed E-state index contributed by atoms with van der Waals surface area (Å²) < 4.78 is 26.0. The quantitative estimate of drug-likeness (QED) is 0.432. The van der Waals surface area contributed by atoms with Crippen molar-refractivity contribution >= 4 is 20.9 Å². The van der Waals surface area contributed by atoms with E-state index in [1.165, 1.54) is 4.47 Å². The van der Waals surface area contributed by atoms with Gasteiger partial charge in [0.15, 0.2) is 0 Å². The molecule has 0 spiro atoms. The Balaban J connectivity index is 3.27. The molecule has 1 aliphatic heterocycles. The summed E-state index contributed by atoms with van der Waals surface area (Å²) in [6, 6.07) is 0. The molecule has 4 nitrogen and oxygen atoms in total. The van der Waals surface area contributed by atoms with Crippen molar-refractivity contribution in [3.63, 3.8) is 0 Å². The molecular weight excluding hydrogens is 396 g/mol. The molecule has 0 atom stereocenters. The van der Waals surface area contributed by atoms with E-state index in [4.69, 9.17) is 18.9 Å². The Morgan fingerprint density at radius 2 is 1.09 bits per heavy atom. The minimum absolute atomic E-state index is 0.0650. The zero-order valence-corrected chi connectivity index (χ0v) is 17.8. The first-order valence-corrected chi connectivity index (χ1v) is 11.3. The van der Waals surface area contributed by atoms with Crippen LogP contribution in [0.4, 0.5) is 0 Å². The third-order valence-electron chi connectivity index (χ3n) is 3.04. The molecule has 0 aromatic rings. The van der Waals surface area contributed by atoms with Gasteiger partial charge in [-0.3, -0.25) is 0 Å². The van der Waals surface area contributed by atoms with E-state index in [1.54, 1.807) is 0 Å². The van der Waals surface area contributed by atoms with Crippen LogP contribution in [0.1, 0.15) is 68.2 Å². The van der Waals surface area contributed by atoms with Crippen molar-refractivity contribution in [1.82, 2.24) is 0 Å². The molecule has 22 heavy (non-hydrogen) atoms.